The van der Waals surface area contributed by atoms with E-state index in [1.165, 1.54) is 16.7 Å². The summed E-state index contributed by atoms with van der Waals surface area (Å²) in [5, 5.41) is 0. The molecule has 0 saturated heterocycles. The van der Waals surface area contributed by atoms with E-state index in [0.717, 1.165) is 12.1 Å². The summed E-state index contributed by atoms with van der Waals surface area (Å²) in [5.41, 5.74) is 4.79. The third-order valence-electron chi connectivity index (χ3n) is 5.58. The molecule has 3 nitrogen and oxygen atoms in total. The lowest BCUT2D eigenvalue weighted by molar-refractivity contribution is -0.149. The molecular formula is C28H33NO2. The molecule has 3 heteroatoms. The second-order valence-electron chi connectivity index (χ2n) is 8.41. The Morgan fingerprint density at radius 3 is 1.97 bits per heavy atom. The van der Waals surface area contributed by atoms with Gasteiger partial charge >= 0.3 is 5.97 Å². The van der Waals surface area contributed by atoms with Gasteiger partial charge in [0.25, 0.3) is 0 Å². The van der Waals surface area contributed by atoms with Crippen molar-refractivity contribution in [2.24, 2.45) is 0 Å². The van der Waals surface area contributed by atoms with Crippen molar-refractivity contribution in [3.63, 3.8) is 0 Å². The standard InChI is InChI=1S/C28H33NO2/c1-21(2)31-28(30)19-27(26-17-15-22(3)16-18-26)29(20-24-11-7-5-8-12-24)23(4)25-13-9-6-10-14-25/h5-18,21,23,27H,19-20H2,1-4H3/t23-,27+/m1/s1. The fraction of sp³-hybridized carbons (Fsp3) is 0.321. The van der Waals surface area contributed by atoms with Crippen molar-refractivity contribution in [1.82, 2.24) is 4.90 Å². The van der Waals surface area contributed by atoms with Crippen LogP contribution in [-0.2, 0) is 16.1 Å². The second-order valence-corrected chi connectivity index (χ2v) is 8.41. The first kappa shape index (κ1) is 22.8. The van der Waals surface area contributed by atoms with Gasteiger partial charge in [0.2, 0.25) is 0 Å². The molecule has 0 N–H and O–H groups in total. The Labute approximate surface area is 186 Å². The van der Waals surface area contributed by atoms with E-state index in [4.69, 9.17) is 4.74 Å². The molecule has 3 aromatic carbocycles. The van der Waals surface area contributed by atoms with Crippen molar-refractivity contribution in [3.05, 3.63) is 107 Å². The third kappa shape index (κ3) is 6.53. The molecule has 0 bridgehead atoms. The first-order valence-corrected chi connectivity index (χ1v) is 11.0. The van der Waals surface area contributed by atoms with Crippen molar-refractivity contribution in [2.75, 3.05) is 0 Å². The molecule has 0 heterocycles. The first-order chi connectivity index (χ1) is 14.9. The van der Waals surface area contributed by atoms with Crippen molar-refractivity contribution in [1.29, 1.82) is 0 Å². The van der Waals surface area contributed by atoms with E-state index in [9.17, 15) is 4.79 Å². The largest absolute Gasteiger partial charge is 0.463 e. The summed E-state index contributed by atoms with van der Waals surface area (Å²) in [7, 11) is 0. The Bertz CT molecular complexity index is 936. The van der Waals surface area contributed by atoms with Crippen LogP contribution in [0.25, 0.3) is 0 Å². The van der Waals surface area contributed by atoms with Gasteiger partial charge in [-0.1, -0.05) is 90.5 Å². The highest BCUT2D eigenvalue weighted by molar-refractivity contribution is 5.70. The Balaban J connectivity index is 2.01. The summed E-state index contributed by atoms with van der Waals surface area (Å²) in [6.07, 6.45) is 0.186. The zero-order valence-electron chi connectivity index (χ0n) is 19.0. The maximum Gasteiger partial charge on any atom is 0.307 e. The Morgan fingerprint density at radius 1 is 0.806 bits per heavy atom. The van der Waals surface area contributed by atoms with Crippen molar-refractivity contribution >= 4 is 5.97 Å². The second kappa shape index (κ2) is 10.9. The SMILES string of the molecule is Cc1ccc([C@H](CC(=O)OC(C)C)N(Cc2ccccc2)[C@H](C)c2ccccc2)cc1. The molecule has 0 aliphatic heterocycles. The molecule has 0 aromatic heterocycles. The average molecular weight is 416 g/mol. The van der Waals surface area contributed by atoms with Crippen LogP contribution in [0, 0.1) is 6.92 Å². The number of ether oxygens (including phenoxy) is 1. The van der Waals surface area contributed by atoms with E-state index in [1.54, 1.807) is 0 Å². The molecular weight excluding hydrogens is 382 g/mol. The molecule has 0 aliphatic carbocycles. The number of hydrogen-bond donors (Lipinski definition) is 0. The number of aryl methyl sites for hydroxylation is 1. The van der Waals surface area contributed by atoms with Gasteiger partial charge in [0.05, 0.1) is 12.5 Å². The molecule has 3 rings (SSSR count). The van der Waals surface area contributed by atoms with Crippen LogP contribution in [0.1, 0.15) is 61.5 Å². The maximum atomic E-state index is 12.8. The minimum Gasteiger partial charge on any atom is -0.463 e. The fourth-order valence-corrected chi connectivity index (χ4v) is 3.92. The van der Waals surface area contributed by atoms with E-state index in [0.29, 0.717) is 6.42 Å². The number of carbonyl (C=O) groups excluding carboxylic acids is 1. The quantitative estimate of drug-likeness (QED) is 0.367. The summed E-state index contributed by atoms with van der Waals surface area (Å²) < 4.78 is 5.55. The lowest BCUT2D eigenvalue weighted by Gasteiger charge is -2.37. The molecule has 0 fully saturated rings. The predicted molar refractivity (Wildman–Crippen MR) is 127 cm³/mol. The number of benzene rings is 3. The Morgan fingerprint density at radius 2 is 1.39 bits per heavy atom. The molecule has 162 valence electrons. The highest BCUT2D eigenvalue weighted by Gasteiger charge is 2.29. The number of nitrogens with zero attached hydrogens (tertiary/aromatic N) is 1. The van der Waals surface area contributed by atoms with E-state index in [2.05, 4.69) is 91.5 Å². The van der Waals surface area contributed by atoms with E-state index in [1.807, 2.05) is 26.0 Å². The van der Waals surface area contributed by atoms with Gasteiger partial charge in [0.15, 0.2) is 0 Å². The smallest absolute Gasteiger partial charge is 0.307 e. The van der Waals surface area contributed by atoms with Crippen LogP contribution in [0.5, 0.6) is 0 Å². The topological polar surface area (TPSA) is 29.5 Å². The first-order valence-electron chi connectivity index (χ1n) is 11.0. The van der Waals surface area contributed by atoms with Gasteiger partial charge in [0.1, 0.15) is 0 Å². The van der Waals surface area contributed by atoms with E-state index in [-0.39, 0.29) is 24.2 Å². The third-order valence-corrected chi connectivity index (χ3v) is 5.58. The predicted octanol–water partition coefficient (Wildman–Crippen LogP) is 6.64. The van der Waals surface area contributed by atoms with Crippen LogP contribution in [0.15, 0.2) is 84.9 Å². The molecule has 31 heavy (non-hydrogen) atoms. The van der Waals surface area contributed by atoms with Gasteiger partial charge in [0, 0.05) is 18.6 Å². The molecule has 0 radical (unpaired) electrons. The zero-order valence-corrected chi connectivity index (χ0v) is 19.0. The highest BCUT2D eigenvalue weighted by atomic mass is 16.5. The Kier molecular flexibility index (Phi) is 8.02. The minimum absolute atomic E-state index is 0.0951. The lowest BCUT2D eigenvalue weighted by atomic mass is 9.96. The molecule has 0 spiro atoms. The van der Waals surface area contributed by atoms with Crippen LogP contribution >= 0.6 is 0 Å². The molecule has 0 unspecified atom stereocenters. The van der Waals surface area contributed by atoms with Crippen LogP contribution in [-0.4, -0.2) is 17.0 Å². The summed E-state index contributed by atoms with van der Waals surface area (Å²) in [4.78, 5) is 15.2. The molecule has 0 aliphatic rings. The van der Waals surface area contributed by atoms with Crippen LogP contribution < -0.4 is 0 Å². The van der Waals surface area contributed by atoms with Gasteiger partial charge in [-0.05, 0) is 44.4 Å². The number of carbonyl (C=O) groups is 1. The molecule has 2 atom stereocenters. The van der Waals surface area contributed by atoms with Crippen molar-refractivity contribution in [2.45, 2.75) is 58.8 Å². The van der Waals surface area contributed by atoms with Crippen LogP contribution in [0.2, 0.25) is 0 Å². The molecule has 0 saturated carbocycles. The summed E-state index contributed by atoms with van der Waals surface area (Å²) in [6, 6.07) is 29.5. The number of esters is 1. The average Bonchev–Trinajstić information content (AvgIpc) is 2.77. The van der Waals surface area contributed by atoms with Gasteiger partial charge < -0.3 is 4.74 Å². The number of hydrogen-bond acceptors (Lipinski definition) is 3. The summed E-state index contributed by atoms with van der Waals surface area (Å²) in [5.74, 6) is -0.168. The van der Waals surface area contributed by atoms with Gasteiger partial charge in [-0.15, -0.1) is 0 Å². The summed E-state index contributed by atoms with van der Waals surface area (Å²) in [6.45, 7) is 8.83. The van der Waals surface area contributed by atoms with Crippen LogP contribution in [0.4, 0.5) is 0 Å². The monoisotopic (exact) mass is 415 g/mol. The minimum atomic E-state index is -0.168. The zero-order chi connectivity index (χ0) is 22.2. The molecule has 3 aromatic rings. The molecule has 0 amide bonds. The van der Waals surface area contributed by atoms with Crippen molar-refractivity contribution < 1.29 is 9.53 Å². The van der Waals surface area contributed by atoms with E-state index >= 15 is 0 Å². The van der Waals surface area contributed by atoms with Gasteiger partial charge in [-0.2, -0.15) is 0 Å². The fourth-order valence-electron chi connectivity index (χ4n) is 3.92. The highest BCUT2D eigenvalue weighted by Crippen LogP contribution is 2.35. The van der Waals surface area contributed by atoms with Gasteiger partial charge in [-0.3, -0.25) is 9.69 Å². The maximum absolute atomic E-state index is 12.8. The number of rotatable bonds is 9. The van der Waals surface area contributed by atoms with E-state index < -0.39 is 0 Å². The van der Waals surface area contributed by atoms with Crippen molar-refractivity contribution in [3.8, 4) is 0 Å². The normalized spacial score (nSPS) is 13.2. The van der Waals surface area contributed by atoms with Crippen LogP contribution in [0.3, 0.4) is 0 Å². The lowest BCUT2D eigenvalue weighted by Crippen LogP contribution is -2.33. The van der Waals surface area contributed by atoms with Gasteiger partial charge in [-0.25, -0.2) is 0 Å². The summed E-state index contributed by atoms with van der Waals surface area (Å²) >= 11 is 0. The Hall–Kier alpha value is -2.91.